The van der Waals surface area contributed by atoms with E-state index in [4.69, 9.17) is 16.3 Å². The van der Waals surface area contributed by atoms with Gasteiger partial charge in [-0.25, -0.2) is 4.90 Å². The first-order valence-corrected chi connectivity index (χ1v) is 7.07. The van der Waals surface area contributed by atoms with Gasteiger partial charge in [0.05, 0.1) is 30.2 Å². The van der Waals surface area contributed by atoms with Crippen LogP contribution < -0.4 is 4.90 Å². The summed E-state index contributed by atoms with van der Waals surface area (Å²) in [7, 11) is 0. The summed E-state index contributed by atoms with van der Waals surface area (Å²) in [6.07, 6.45) is 3.01. The largest absolute Gasteiger partial charge is 0.393 e. The number of carbonyl (C=O) groups excluding carboxylic acids is 2. The molecule has 1 aromatic carbocycles. The van der Waals surface area contributed by atoms with Crippen molar-refractivity contribution in [2.24, 2.45) is 11.8 Å². The van der Waals surface area contributed by atoms with Crippen molar-refractivity contribution in [2.45, 2.75) is 11.7 Å². The molecule has 3 aliphatic heterocycles. The van der Waals surface area contributed by atoms with Gasteiger partial charge in [-0.3, -0.25) is 9.59 Å². The van der Waals surface area contributed by atoms with E-state index in [1.54, 1.807) is 36.4 Å². The van der Waals surface area contributed by atoms with Gasteiger partial charge in [0.25, 0.3) is 0 Å². The minimum absolute atomic E-state index is 0.294. The molecule has 1 aromatic rings. The van der Waals surface area contributed by atoms with E-state index in [1.807, 2.05) is 0 Å². The number of carbonyl (C=O) groups is 2. The number of halogens is 1. The van der Waals surface area contributed by atoms with Crippen LogP contribution in [0.3, 0.4) is 0 Å². The molecule has 0 aliphatic carbocycles. The van der Waals surface area contributed by atoms with E-state index in [1.165, 1.54) is 0 Å². The van der Waals surface area contributed by atoms with Gasteiger partial charge in [-0.2, -0.15) is 0 Å². The normalized spacial score (nSPS) is 36.7. The molecule has 6 heteroatoms. The zero-order valence-corrected chi connectivity index (χ0v) is 11.7. The minimum Gasteiger partial charge on any atom is -0.393 e. The number of benzene rings is 1. The molecular weight excluding hydrogens is 294 g/mol. The Hall–Kier alpha value is -1.69. The fourth-order valence-corrected chi connectivity index (χ4v) is 3.74. The summed E-state index contributed by atoms with van der Waals surface area (Å²) < 4.78 is 5.67. The lowest BCUT2D eigenvalue weighted by Crippen LogP contribution is -2.43. The summed E-state index contributed by atoms with van der Waals surface area (Å²) in [5, 5.41) is 10.1. The predicted molar refractivity (Wildman–Crippen MR) is 74.8 cm³/mol. The minimum atomic E-state index is -1.06. The third-order valence-electron chi connectivity index (χ3n) is 4.47. The first-order chi connectivity index (χ1) is 10.1. The number of nitrogens with zero attached hydrogens (tertiary/aromatic N) is 1. The number of hydrogen-bond acceptors (Lipinski definition) is 4. The number of fused-ring (bicyclic) bond motifs is 5. The zero-order chi connectivity index (χ0) is 14.8. The molecule has 0 radical (unpaired) electrons. The van der Waals surface area contributed by atoms with Gasteiger partial charge in [-0.15, -0.1) is 0 Å². The van der Waals surface area contributed by atoms with Crippen molar-refractivity contribution in [3.05, 3.63) is 41.4 Å². The molecule has 2 saturated heterocycles. The molecule has 5 nitrogen and oxygen atoms in total. The quantitative estimate of drug-likeness (QED) is 0.657. The van der Waals surface area contributed by atoms with Crippen molar-refractivity contribution in [2.75, 3.05) is 11.5 Å². The number of aliphatic hydroxyl groups excluding tert-OH is 1. The Labute approximate surface area is 125 Å². The monoisotopic (exact) mass is 305 g/mol. The van der Waals surface area contributed by atoms with Crippen LogP contribution in [-0.4, -0.2) is 35.2 Å². The maximum Gasteiger partial charge on any atom is 0.241 e. The van der Waals surface area contributed by atoms with Crippen LogP contribution in [-0.2, 0) is 14.3 Å². The van der Waals surface area contributed by atoms with E-state index >= 15 is 0 Å². The average molecular weight is 306 g/mol. The molecule has 2 amide bonds. The molecule has 4 atom stereocenters. The van der Waals surface area contributed by atoms with Crippen LogP contribution in [0.5, 0.6) is 0 Å². The molecular formula is C15H12ClNO4. The highest BCUT2D eigenvalue weighted by Crippen LogP contribution is 2.52. The van der Waals surface area contributed by atoms with Crippen LogP contribution in [0.2, 0.25) is 5.02 Å². The Kier molecular flexibility index (Phi) is 2.58. The molecule has 108 valence electrons. The molecule has 2 fully saturated rings. The Bertz CT molecular complexity index is 688. The maximum atomic E-state index is 12.7. The number of hydrogen-bond donors (Lipinski definition) is 1. The molecule has 0 saturated carbocycles. The predicted octanol–water partition coefficient (Wildman–Crippen LogP) is 1.15. The van der Waals surface area contributed by atoms with Crippen molar-refractivity contribution < 1.29 is 19.4 Å². The molecule has 3 heterocycles. The summed E-state index contributed by atoms with van der Waals surface area (Å²) in [6, 6.07) is 6.63. The van der Waals surface area contributed by atoms with E-state index in [0.29, 0.717) is 10.7 Å². The molecule has 0 aromatic heterocycles. The second kappa shape index (κ2) is 4.16. The number of aliphatic hydroxyl groups is 1. The Morgan fingerprint density at radius 3 is 2.86 bits per heavy atom. The third kappa shape index (κ3) is 1.54. The van der Waals surface area contributed by atoms with Crippen LogP contribution in [0.4, 0.5) is 5.69 Å². The van der Waals surface area contributed by atoms with E-state index in [9.17, 15) is 14.7 Å². The van der Waals surface area contributed by atoms with Gasteiger partial charge >= 0.3 is 0 Å². The molecule has 3 aliphatic rings. The summed E-state index contributed by atoms with van der Waals surface area (Å²) in [5.41, 5.74) is -0.602. The third-order valence-corrected chi connectivity index (χ3v) is 4.70. The second-order valence-corrected chi connectivity index (χ2v) is 5.99. The standard InChI is InChI=1S/C15H12ClNO4/c16-8-2-1-3-9(6-8)17-13(19)11-10-4-5-15(7-18,21-10)12(11)14(17)20/h1-6,10-12,18H,7H2/t10-,11-,12-,15-/m0/s1. The Morgan fingerprint density at radius 1 is 1.33 bits per heavy atom. The van der Waals surface area contributed by atoms with E-state index in [2.05, 4.69) is 0 Å². The highest BCUT2D eigenvalue weighted by molar-refractivity contribution is 6.31. The fraction of sp³-hybridized carbons (Fsp3) is 0.333. The number of amides is 2. The summed E-state index contributed by atoms with van der Waals surface area (Å²) in [6.45, 7) is -0.316. The van der Waals surface area contributed by atoms with Gasteiger partial charge in [0.1, 0.15) is 5.60 Å². The van der Waals surface area contributed by atoms with Gasteiger partial charge in [0, 0.05) is 5.02 Å². The molecule has 4 rings (SSSR count). The molecule has 0 spiro atoms. The summed E-state index contributed by atoms with van der Waals surface area (Å²) in [5.74, 6) is -1.86. The van der Waals surface area contributed by atoms with Crippen molar-refractivity contribution in [1.29, 1.82) is 0 Å². The second-order valence-electron chi connectivity index (χ2n) is 5.55. The SMILES string of the molecule is O=C1[C@H]2[C@@H]3C=C[C@@](CO)(O3)[C@@H]2C(=O)N1c1cccc(Cl)c1. The van der Waals surface area contributed by atoms with Gasteiger partial charge in [0.15, 0.2) is 0 Å². The molecule has 0 unspecified atom stereocenters. The van der Waals surface area contributed by atoms with E-state index in [-0.39, 0.29) is 18.4 Å². The van der Waals surface area contributed by atoms with E-state index < -0.39 is 23.5 Å². The average Bonchev–Trinajstić information content (AvgIpc) is 3.10. The lowest BCUT2D eigenvalue weighted by molar-refractivity contribution is -0.128. The van der Waals surface area contributed by atoms with Gasteiger partial charge < -0.3 is 9.84 Å². The van der Waals surface area contributed by atoms with Crippen LogP contribution >= 0.6 is 11.6 Å². The van der Waals surface area contributed by atoms with Crippen molar-refractivity contribution in [3.63, 3.8) is 0 Å². The number of anilines is 1. The topological polar surface area (TPSA) is 66.8 Å². The highest BCUT2D eigenvalue weighted by atomic mass is 35.5. The lowest BCUT2D eigenvalue weighted by Gasteiger charge is -2.26. The molecule has 1 N–H and O–H groups in total. The fourth-order valence-electron chi connectivity index (χ4n) is 3.55. The van der Waals surface area contributed by atoms with Crippen LogP contribution in [0.1, 0.15) is 0 Å². The van der Waals surface area contributed by atoms with Crippen molar-refractivity contribution >= 4 is 29.1 Å². The van der Waals surface area contributed by atoms with Crippen LogP contribution in [0.25, 0.3) is 0 Å². The van der Waals surface area contributed by atoms with Crippen LogP contribution in [0.15, 0.2) is 36.4 Å². The van der Waals surface area contributed by atoms with Gasteiger partial charge in [-0.05, 0) is 18.2 Å². The Balaban J connectivity index is 1.79. The summed E-state index contributed by atoms with van der Waals surface area (Å²) in [4.78, 5) is 26.5. The van der Waals surface area contributed by atoms with E-state index in [0.717, 1.165) is 4.90 Å². The number of ether oxygens (including phenoxy) is 1. The molecule has 21 heavy (non-hydrogen) atoms. The first-order valence-electron chi connectivity index (χ1n) is 6.69. The highest BCUT2D eigenvalue weighted by Gasteiger charge is 2.67. The zero-order valence-electron chi connectivity index (χ0n) is 10.9. The molecule has 2 bridgehead atoms. The lowest BCUT2D eigenvalue weighted by atomic mass is 9.77. The van der Waals surface area contributed by atoms with Gasteiger partial charge in [0.2, 0.25) is 11.8 Å². The van der Waals surface area contributed by atoms with Crippen molar-refractivity contribution in [1.82, 2.24) is 0 Å². The van der Waals surface area contributed by atoms with Crippen LogP contribution in [0, 0.1) is 11.8 Å². The smallest absolute Gasteiger partial charge is 0.241 e. The van der Waals surface area contributed by atoms with Crippen molar-refractivity contribution in [3.8, 4) is 0 Å². The Morgan fingerprint density at radius 2 is 2.14 bits per heavy atom. The van der Waals surface area contributed by atoms with Gasteiger partial charge in [-0.1, -0.05) is 29.8 Å². The summed E-state index contributed by atoms with van der Waals surface area (Å²) >= 11 is 5.94. The number of rotatable bonds is 2. The maximum absolute atomic E-state index is 12.7. The number of imide groups is 1. The first kappa shape index (κ1) is 13.0.